The third-order valence-corrected chi connectivity index (χ3v) is 6.60. The second-order valence-electron chi connectivity index (χ2n) is 8.65. The van der Waals surface area contributed by atoms with E-state index >= 15 is 0 Å². The first-order valence-electron chi connectivity index (χ1n) is 11.2. The van der Waals surface area contributed by atoms with Crippen molar-refractivity contribution in [3.05, 3.63) is 30.0 Å². The fraction of sp³-hybridized carbons (Fsp3) is 0.609. The standard InChI is InChI=1S/C23H33N5O2/c1-18(29)28(16-15-26-12-6-3-7-13-26)19-9-8-14-27(17-19)23(30)22-20-10-4-5-11-21(20)25(2)24-22/h4-5,10-11,19H,3,6-9,12-17H2,1-2H3. The van der Waals surface area contributed by atoms with Gasteiger partial charge in [-0.05, 0) is 44.8 Å². The van der Waals surface area contributed by atoms with Gasteiger partial charge in [0.15, 0.2) is 5.69 Å². The monoisotopic (exact) mass is 411 g/mol. The summed E-state index contributed by atoms with van der Waals surface area (Å²) < 4.78 is 1.77. The molecule has 1 atom stereocenters. The minimum absolute atomic E-state index is 0.0315. The molecular weight excluding hydrogens is 378 g/mol. The van der Waals surface area contributed by atoms with Crippen LogP contribution in [0.25, 0.3) is 10.9 Å². The number of aryl methyl sites for hydroxylation is 1. The zero-order valence-corrected chi connectivity index (χ0v) is 18.2. The summed E-state index contributed by atoms with van der Waals surface area (Å²) >= 11 is 0. The van der Waals surface area contributed by atoms with E-state index in [1.165, 1.54) is 19.3 Å². The third kappa shape index (κ3) is 4.36. The van der Waals surface area contributed by atoms with Gasteiger partial charge in [-0.3, -0.25) is 14.3 Å². The van der Waals surface area contributed by atoms with Crippen molar-refractivity contribution in [2.75, 3.05) is 39.3 Å². The van der Waals surface area contributed by atoms with Crippen molar-refractivity contribution in [2.45, 2.75) is 45.1 Å². The van der Waals surface area contributed by atoms with Crippen LogP contribution in [0.3, 0.4) is 0 Å². The number of rotatable bonds is 5. The predicted octanol–water partition coefficient (Wildman–Crippen LogP) is 2.51. The smallest absolute Gasteiger partial charge is 0.275 e. The first-order chi connectivity index (χ1) is 14.5. The van der Waals surface area contributed by atoms with Crippen LogP contribution in [-0.4, -0.2) is 81.6 Å². The van der Waals surface area contributed by atoms with Crippen molar-refractivity contribution >= 4 is 22.7 Å². The highest BCUT2D eigenvalue weighted by Crippen LogP contribution is 2.23. The Kier molecular flexibility index (Phi) is 6.37. The van der Waals surface area contributed by atoms with E-state index < -0.39 is 0 Å². The van der Waals surface area contributed by atoms with Crippen molar-refractivity contribution in [2.24, 2.45) is 7.05 Å². The van der Waals surface area contributed by atoms with Gasteiger partial charge in [-0.1, -0.05) is 24.6 Å². The van der Waals surface area contributed by atoms with Gasteiger partial charge in [-0.25, -0.2) is 0 Å². The molecule has 162 valence electrons. The Hall–Kier alpha value is -2.41. The molecule has 0 spiro atoms. The Bertz CT molecular complexity index is 902. The lowest BCUT2D eigenvalue weighted by atomic mass is 10.0. The number of fused-ring (bicyclic) bond motifs is 1. The average molecular weight is 412 g/mol. The molecule has 7 heteroatoms. The Morgan fingerprint density at radius 1 is 1.10 bits per heavy atom. The second kappa shape index (κ2) is 9.16. The molecule has 1 aromatic heterocycles. The van der Waals surface area contributed by atoms with Crippen LogP contribution in [0.2, 0.25) is 0 Å². The van der Waals surface area contributed by atoms with Crippen LogP contribution in [-0.2, 0) is 11.8 Å². The SMILES string of the molecule is CC(=O)N(CCN1CCCCC1)C1CCCN(C(=O)c2nn(C)c3ccccc23)C1. The van der Waals surface area contributed by atoms with Crippen molar-refractivity contribution < 1.29 is 9.59 Å². The van der Waals surface area contributed by atoms with E-state index in [1.807, 2.05) is 41.1 Å². The number of nitrogens with zero attached hydrogens (tertiary/aromatic N) is 5. The lowest BCUT2D eigenvalue weighted by Gasteiger charge is -2.40. The molecule has 1 unspecified atom stereocenters. The summed E-state index contributed by atoms with van der Waals surface area (Å²) in [6.45, 7) is 6.90. The molecular formula is C23H33N5O2. The first kappa shape index (κ1) is 20.8. The fourth-order valence-electron chi connectivity index (χ4n) is 4.94. The quantitative estimate of drug-likeness (QED) is 0.759. The zero-order chi connectivity index (χ0) is 21.1. The summed E-state index contributed by atoms with van der Waals surface area (Å²) in [7, 11) is 1.87. The topological polar surface area (TPSA) is 61.7 Å². The van der Waals surface area contributed by atoms with E-state index in [9.17, 15) is 9.59 Å². The maximum Gasteiger partial charge on any atom is 0.275 e. The molecule has 7 nitrogen and oxygen atoms in total. The molecule has 2 fully saturated rings. The van der Waals surface area contributed by atoms with E-state index in [4.69, 9.17) is 0 Å². The lowest BCUT2D eigenvalue weighted by molar-refractivity contribution is -0.132. The van der Waals surface area contributed by atoms with Gasteiger partial charge >= 0.3 is 0 Å². The minimum atomic E-state index is -0.0315. The number of hydrogen-bond acceptors (Lipinski definition) is 4. The van der Waals surface area contributed by atoms with Gasteiger partial charge < -0.3 is 14.7 Å². The van der Waals surface area contributed by atoms with Gasteiger partial charge in [0.1, 0.15) is 0 Å². The van der Waals surface area contributed by atoms with E-state index in [0.717, 1.165) is 56.5 Å². The van der Waals surface area contributed by atoms with Crippen LogP contribution in [0.4, 0.5) is 0 Å². The molecule has 3 heterocycles. The highest BCUT2D eigenvalue weighted by atomic mass is 16.2. The average Bonchev–Trinajstić information content (AvgIpc) is 3.11. The highest BCUT2D eigenvalue weighted by molar-refractivity contribution is 6.04. The molecule has 2 saturated heterocycles. The van der Waals surface area contributed by atoms with E-state index in [2.05, 4.69) is 10.00 Å². The number of para-hydroxylation sites is 1. The van der Waals surface area contributed by atoms with Crippen LogP contribution in [0.5, 0.6) is 0 Å². The maximum absolute atomic E-state index is 13.3. The summed E-state index contributed by atoms with van der Waals surface area (Å²) in [4.78, 5) is 32.1. The van der Waals surface area contributed by atoms with Crippen molar-refractivity contribution in [1.82, 2.24) is 24.5 Å². The van der Waals surface area contributed by atoms with Crippen molar-refractivity contribution in [1.29, 1.82) is 0 Å². The summed E-state index contributed by atoms with van der Waals surface area (Å²) in [5.74, 6) is 0.0747. The normalized spacial score (nSPS) is 20.5. The lowest BCUT2D eigenvalue weighted by Crippen LogP contribution is -2.53. The number of piperidine rings is 2. The fourth-order valence-corrected chi connectivity index (χ4v) is 4.94. The molecule has 0 radical (unpaired) electrons. The number of likely N-dealkylation sites (tertiary alicyclic amines) is 2. The third-order valence-electron chi connectivity index (χ3n) is 6.60. The van der Waals surface area contributed by atoms with Crippen molar-refractivity contribution in [3.63, 3.8) is 0 Å². The van der Waals surface area contributed by atoms with Gasteiger partial charge in [0, 0.05) is 51.6 Å². The summed E-state index contributed by atoms with van der Waals surface area (Å²) in [6, 6.07) is 7.92. The Balaban J connectivity index is 1.45. The molecule has 0 bridgehead atoms. The van der Waals surface area contributed by atoms with Gasteiger partial charge in [-0.15, -0.1) is 0 Å². The van der Waals surface area contributed by atoms with Gasteiger partial charge in [0.25, 0.3) is 5.91 Å². The molecule has 30 heavy (non-hydrogen) atoms. The van der Waals surface area contributed by atoms with Crippen LogP contribution in [0.15, 0.2) is 24.3 Å². The highest BCUT2D eigenvalue weighted by Gasteiger charge is 2.31. The Morgan fingerprint density at radius 2 is 1.87 bits per heavy atom. The van der Waals surface area contributed by atoms with Gasteiger partial charge in [-0.2, -0.15) is 5.10 Å². The number of hydrogen-bond donors (Lipinski definition) is 0. The molecule has 2 amide bonds. The number of aromatic nitrogens is 2. The van der Waals surface area contributed by atoms with Crippen LogP contribution in [0, 0.1) is 0 Å². The second-order valence-corrected chi connectivity index (χ2v) is 8.65. The maximum atomic E-state index is 13.3. The number of carbonyl (C=O) groups excluding carboxylic acids is 2. The molecule has 2 aliphatic heterocycles. The number of amides is 2. The minimum Gasteiger partial charge on any atom is -0.337 e. The molecule has 0 saturated carbocycles. The Morgan fingerprint density at radius 3 is 2.63 bits per heavy atom. The molecule has 2 aliphatic rings. The zero-order valence-electron chi connectivity index (χ0n) is 18.2. The van der Waals surface area contributed by atoms with Crippen molar-refractivity contribution in [3.8, 4) is 0 Å². The largest absolute Gasteiger partial charge is 0.337 e. The number of carbonyl (C=O) groups is 2. The molecule has 0 N–H and O–H groups in total. The summed E-state index contributed by atoms with van der Waals surface area (Å²) in [5, 5.41) is 5.40. The summed E-state index contributed by atoms with van der Waals surface area (Å²) in [5.41, 5.74) is 1.47. The van der Waals surface area contributed by atoms with Crippen LogP contribution in [0.1, 0.15) is 49.5 Å². The van der Waals surface area contributed by atoms with Gasteiger partial charge in [0.05, 0.1) is 5.52 Å². The summed E-state index contributed by atoms with van der Waals surface area (Å²) in [6.07, 6.45) is 5.68. The van der Waals surface area contributed by atoms with E-state index in [-0.39, 0.29) is 17.9 Å². The first-order valence-corrected chi connectivity index (χ1v) is 11.2. The molecule has 1 aromatic carbocycles. The predicted molar refractivity (Wildman–Crippen MR) is 117 cm³/mol. The van der Waals surface area contributed by atoms with E-state index in [0.29, 0.717) is 12.2 Å². The molecule has 2 aromatic rings. The van der Waals surface area contributed by atoms with Crippen LogP contribution < -0.4 is 0 Å². The molecule has 0 aliphatic carbocycles. The van der Waals surface area contributed by atoms with Gasteiger partial charge in [0.2, 0.25) is 5.91 Å². The number of benzene rings is 1. The van der Waals surface area contributed by atoms with E-state index in [1.54, 1.807) is 11.6 Å². The van der Waals surface area contributed by atoms with Crippen LogP contribution >= 0.6 is 0 Å². The molecule has 4 rings (SSSR count). The Labute approximate surface area is 178 Å².